The highest BCUT2D eigenvalue weighted by atomic mass is 16.2. The third-order valence-corrected chi connectivity index (χ3v) is 5.42. The van der Waals surface area contributed by atoms with Gasteiger partial charge in [0.15, 0.2) is 5.65 Å². The van der Waals surface area contributed by atoms with Gasteiger partial charge in [-0.2, -0.15) is 0 Å². The molecule has 0 aromatic carbocycles. The molecular formula is C19H29N5O2. The van der Waals surface area contributed by atoms with Crippen LogP contribution in [0.4, 0.5) is 0 Å². The van der Waals surface area contributed by atoms with Crippen LogP contribution in [-0.4, -0.2) is 51.2 Å². The molecule has 1 aliphatic heterocycles. The van der Waals surface area contributed by atoms with Gasteiger partial charge in [-0.25, -0.2) is 4.98 Å². The maximum absolute atomic E-state index is 12.9. The summed E-state index contributed by atoms with van der Waals surface area (Å²) in [7, 11) is 1.79. The number of amides is 1. The van der Waals surface area contributed by atoms with Gasteiger partial charge in [-0.1, -0.05) is 6.92 Å². The lowest BCUT2D eigenvalue weighted by atomic mass is 9.99. The van der Waals surface area contributed by atoms with Crippen LogP contribution < -0.4 is 10.9 Å². The molecule has 0 bridgehead atoms. The highest BCUT2D eigenvalue weighted by Crippen LogP contribution is 2.22. The number of carbonyl (C=O) groups excluding carboxylic acids is 1. The highest BCUT2D eigenvalue weighted by Gasteiger charge is 2.26. The second-order valence-electron chi connectivity index (χ2n) is 7.23. The lowest BCUT2D eigenvalue weighted by Crippen LogP contribution is -2.42. The Morgan fingerprint density at radius 1 is 1.38 bits per heavy atom. The summed E-state index contributed by atoms with van der Waals surface area (Å²) in [5, 5.41) is 6.74. The van der Waals surface area contributed by atoms with Crippen LogP contribution in [0.5, 0.6) is 0 Å². The maximum atomic E-state index is 12.9. The monoisotopic (exact) mass is 359 g/mol. The normalized spacial score (nSPS) is 17.2. The zero-order valence-electron chi connectivity index (χ0n) is 16.2. The molecule has 3 heterocycles. The van der Waals surface area contributed by atoms with Crippen molar-refractivity contribution >= 4 is 16.9 Å². The minimum absolute atomic E-state index is 0.121. The fourth-order valence-electron chi connectivity index (χ4n) is 4.05. The van der Waals surface area contributed by atoms with Crippen molar-refractivity contribution in [3.8, 4) is 0 Å². The molecule has 1 fully saturated rings. The SMILES string of the molecule is CCCN(C(=O)CCc1c(C)nc2c(c1C)c(=O)[nH]n2C)C1CCNC1. The molecule has 7 heteroatoms. The molecule has 0 aliphatic carbocycles. The van der Waals surface area contributed by atoms with Crippen molar-refractivity contribution in [3.63, 3.8) is 0 Å². The molecule has 3 rings (SSSR count). The molecule has 1 unspecified atom stereocenters. The summed E-state index contributed by atoms with van der Waals surface area (Å²) in [6.45, 7) is 8.69. The number of nitrogens with zero attached hydrogens (tertiary/aromatic N) is 3. The fourth-order valence-corrected chi connectivity index (χ4v) is 4.05. The van der Waals surface area contributed by atoms with Crippen molar-refractivity contribution in [2.45, 2.75) is 52.5 Å². The first kappa shape index (κ1) is 18.6. The molecule has 1 saturated heterocycles. The van der Waals surface area contributed by atoms with Crippen LogP contribution in [-0.2, 0) is 18.3 Å². The Hall–Kier alpha value is -2.15. The van der Waals surface area contributed by atoms with E-state index in [4.69, 9.17) is 0 Å². The lowest BCUT2D eigenvalue weighted by molar-refractivity contribution is -0.133. The lowest BCUT2D eigenvalue weighted by Gasteiger charge is -2.28. The van der Waals surface area contributed by atoms with Gasteiger partial charge >= 0.3 is 0 Å². The Morgan fingerprint density at radius 2 is 2.15 bits per heavy atom. The van der Waals surface area contributed by atoms with Gasteiger partial charge in [0.25, 0.3) is 5.56 Å². The van der Waals surface area contributed by atoms with Gasteiger partial charge in [-0.05, 0) is 50.8 Å². The summed E-state index contributed by atoms with van der Waals surface area (Å²) in [4.78, 5) is 31.7. The van der Waals surface area contributed by atoms with Gasteiger partial charge in [-0.3, -0.25) is 19.4 Å². The minimum atomic E-state index is -0.121. The predicted molar refractivity (Wildman–Crippen MR) is 102 cm³/mol. The smallest absolute Gasteiger partial charge is 0.273 e. The molecule has 2 N–H and O–H groups in total. The summed E-state index contributed by atoms with van der Waals surface area (Å²) < 4.78 is 1.66. The van der Waals surface area contributed by atoms with Gasteiger partial charge in [0, 0.05) is 38.3 Å². The van der Waals surface area contributed by atoms with E-state index >= 15 is 0 Å². The number of rotatable bonds is 6. The molecule has 0 saturated carbocycles. The van der Waals surface area contributed by atoms with Crippen LogP contribution in [0.15, 0.2) is 4.79 Å². The number of pyridine rings is 1. The third-order valence-electron chi connectivity index (χ3n) is 5.42. The molecule has 0 spiro atoms. The second-order valence-corrected chi connectivity index (χ2v) is 7.23. The first-order valence-electron chi connectivity index (χ1n) is 9.49. The number of nitrogens with one attached hydrogen (secondary N) is 2. The van der Waals surface area contributed by atoms with E-state index in [2.05, 4.69) is 22.3 Å². The average molecular weight is 359 g/mol. The van der Waals surface area contributed by atoms with E-state index in [1.54, 1.807) is 11.7 Å². The van der Waals surface area contributed by atoms with Crippen molar-refractivity contribution in [3.05, 3.63) is 27.2 Å². The van der Waals surface area contributed by atoms with Crippen molar-refractivity contribution in [2.24, 2.45) is 7.05 Å². The summed E-state index contributed by atoms with van der Waals surface area (Å²) in [6.07, 6.45) is 3.06. The zero-order valence-corrected chi connectivity index (χ0v) is 16.2. The number of hydrogen-bond acceptors (Lipinski definition) is 4. The van der Waals surface area contributed by atoms with E-state index in [-0.39, 0.29) is 11.5 Å². The fraction of sp³-hybridized carbons (Fsp3) is 0.632. The van der Waals surface area contributed by atoms with E-state index in [1.165, 1.54) is 0 Å². The van der Waals surface area contributed by atoms with Crippen LogP contribution in [0.1, 0.15) is 43.0 Å². The van der Waals surface area contributed by atoms with Crippen LogP contribution in [0.25, 0.3) is 11.0 Å². The molecule has 0 radical (unpaired) electrons. The number of aryl methyl sites for hydroxylation is 3. The van der Waals surface area contributed by atoms with Gasteiger partial charge in [-0.15, -0.1) is 0 Å². The van der Waals surface area contributed by atoms with Gasteiger partial charge in [0.05, 0.1) is 5.39 Å². The Labute approximate surface area is 153 Å². The summed E-state index contributed by atoms with van der Waals surface area (Å²) in [5.74, 6) is 0.196. The molecule has 2 aromatic rings. The van der Waals surface area contributed by atoms with Gasteiger partial charge in [0.1, 0.15) is 0 Å². The van der Waals surface area contributed by atoms with Crippen molar-refractivity contribution < 1.29 is 4.79 Å². The van der Waals surface area contributed by atoms with Crippen LogP contribution in [0, 0.1) is 13.8 Å². The number of hydrogen-bond donors (Lipinski definition) is 2. The van der Waals surface area contributed by atoms with E-state index in [0.29, 0.717) is 29.9 Å². The molecular weight excluding hydrogens is 330 g/mol. The third kappa shape index (κ3) is 3.40. The maximum Gasteiger partial charge on any atom is 0.273 e. The number of aromatic amines is 1. The van der Waals surface area contributed by atoms with E-state index in [0.717, 1.165) is 49.3 Å². The first-order chi connectivity index (χ1) is 12.4. The van der Waals surface area contributed by atoms with Gasteiger partial charge in [0.2, 0.25) is 5.91 Å². The number of H-pyrrole nitrogens is 1. The largest absolute Gasteiger partial charge is 0.338 e. The molecule has 7 nitrogen and oxygen atoms in total. The topological polar surface area (TPSA) is 83.0 Å². The first-order valence-corrected chi connectivity index (χ1v) is 9.49. The number of carbonyl (C=O) groups is 1. The summed E-state index contributed by atoms with van der Waals surface area (Å²) in [5.41, 5.74) is 3.40. The van der Waals surface area contributed by atoms with Crippen LogP contribution in [0.3, 0.4) is 0 Å². The molecule has 1 amide bonds. The van der Waals surface area contributed by atoms with Crippen molar-refractivity contribution in [2.75, 3.05) is 19.6 Å². The average Bonchev–Trinajstić information content (AvgIpc) is 3.21. The van der Waals surface area contributed by atoms with E-state index in [1.807, 2.05) is 18.7 Å². The number of aromatic nitrogens is 3. The number of fused-ring (bicyclic) bond motifs is 1. The predicted octanol–water partition coefficient (Wildman–Crippen LogP) is 1.41. The standard InChI is InChI=1S/C19H29N5O2/c1-5-10-24(14-8-9-20-11-14)16(25)7-6-15-12(2)17-18(21-13(15)3)23(4)22-19(17)26/h14,20H,5-11H2,1-4H3,(H,22,26). The molecule has 26 heavy (non-hydrogen) atoms. The minimum Gasteiger partial charge on any atom is -0.338 e. The quantitative estimate of drug-likeness (QED) is 0.817. The highest BCUT2D eigenvalue weighted by molar-refractivity contribution is 5.81. The Bertz CT molecular complexity index is 861. The van der Waals surface area contributed by atoms with E-state index < -0.39 is 0 Å². The molecule has 1 aliphatic rings. The summed E-state index contributed by atoms with van der Waals surface area (Å²) >= 11 is 0. The van der Waals surface area contributed by atoms with Crippen molar-refractivity contribution in [1.29, 1.82) is 0 Å². The Kier molecular flexibility index (Phi) is 5.46. The van der Waals surface area contributed by atoms with Crippen LogP contribution in [0.2, 0.25) is 0 Å². The van der Waals surface area contributed by atoms with E-state index in [9.17, 15) is 9.59 Å². The Morgan fingerprint density at radius 3 is 2.81 bits per heavy atom. The Balaban J connectivity index is 1.81. The molecule has 142 valence electrons. The van der Waals surface area contributed by atoms with Gasteiger partial charge < -0.3 is 10.2 Å². The zero-order chi connectivity index (χ0) is 18.8. The second kappa shape index (κ2) is 7.61. The molecule has 2 aromatic heterocycles. The summed E-state index contributed by atoms with van der Waals surface area (Å²) in [6, 6.07) is 0.308. The van der Waals surface area contributed by atoms with Crippen molar-refractivity contribution in [1.82, 2.24) is 25.0 Å². The van der Waals surface area contributed by atoms with Crippen LogP contribution >= 0.6 is 0 Å². The molecule has 1 atom stereocenters.